The molecule has 0 aliphatic carbocycles. The number of hydrogen-bond acceptors (Lipinski definition) is 3. The van der Waals surface area contributed by atoms with Crippen molar-refractivity contribution in [2.45, 2.75) is 13.3 Å². The molecule has 3 aromatic carbocycles. The van der Waals surface area contributed by atoms with Crippen molar-refractivity contribution in [2.75, 3.05) is 18.5 Å². The van der Waals surface area contributed by atoms with Gasteiger partial charge in [-0.25, -0.2) is 0 Å². The van der Waals surface area contributed by atoms with Crippen LogP contribution in [-0.4, -0.2) is 25.0 Å². The molecule has 0 heterocycles. The van der Waals surface area contributed by atoms with Crippen LogP contribution in [0, 0.1) is 0 Å². The van der Waals surface area contributed by atoms with Gasteiger partial charge in [0.1, 0.15) is 5.75 Å². The molecule has 2 N–H and O–H groups in total. The summed E-state index contributed by atoms with van der Waals surface area (Å²) in [5.41, 5.74) is 0.905. The second-order valence-electron chi connectivity index (χ2n) is 6.12. The van der Waals surface area contributed by atoms with Gasteiger partial charge in [0, 0.05) is 11.9 Å². The van der Waals surface area contributed by atoms with Crippen molar-refractivity contribution < 1.29 is 14.3 Å². The van der Waals surface area contributed by atoms with Crippen LogP contribution in [0.5, 0.6) is 5.75 Å². The van der Waals surface area contributed by atoms with Crippen LogP contribution in [0.3, 0.4) is 0 Å². The van der Waals surface area contributed by atoms with Gasteiger partial charge in [-0.1, -0.05) is 55.5 Å². The predicted molar refractivity (Wildman–Crippen MR) is 107 cm³/mol. The molecule has 0 aliphatic rings. The van der Waals surface area contributed by atoms with Crippen molar-refractivity contribution in [1.82, 2.24) is 5.32 Å². The lowest BCUT2D eigenvalue weighted by Gasteiger charge is -2.12. The summed E-state index contributed by atoms with van der Waals surface area (Å²) in [6.45, 7) is 2.43. The van der Waals surface area contributed by atoms with E-state index in [1.807, 2.05) is 49.4 Å². The quantitative estimate of drug-likeness (QED) is 0.668. The normalized spacial score (nSPS) is 10.4. The Hall–Kier alpha value is -3.34. The standard InChI is InChI=1S/C22H22N2O3/c1-2-14-23-22(26)18-11-5-6-12-19(18)24-21(25)15-27-20-13-7-9-16-8-3-4-10-17(16)20/h3-13H,2,14-15H2,1H3,(H,23,26)(H,24,25). The first-order chi connectivity index (χ1) is 13.2. The van der Waals surface area contributed by atoms with E-state index in [9.17, 15) is 9.59 Å². The number of anilines is 1. The second-order valence-corrected chi connectivity index (χ2v) is 6.12. The molecule has 0 saturated heterocycles. The van der Waals surface area contributed by atoms with Crippen molar-refractivity contribution in [1.29, 1.82) is 0 Å². The number of para-hydroxylation sites is 1. The van der Waals surface area contributed by atoms with Crippen LogP contribution in [0.4, 0.5) is 5.69 Å². The summed E-state index contributed by atoms with van der Waals surface area (Å²) < 4.78 is 5.71. The maximum Gasteiger partial charge on any atom is 0.262 e. The van der Waals surface area contributed by atoms with E-state index < -0.39 is 0 Å². The molecule has 0 bridgehead atoms. The largest absolute Gasteiger partial charge is 0.483 e. The summed E-state index contributed by atoms with van der Waals surface area (Å²) in [5, 5.41) is 7.58. The van der Waals surface area contributed by atoms with E-state index in [4.69, 9.17) is 4.74 Å². The summed E-state index contributed by atoms with van der Waals surface area (Å²) in [6.07, 6.45) is 0.846. The fraction of sp³-hybridized carbons (Fsp3) is 0.182. The molecule has 0 spiro atoms. The number of fused-ring (bicyclic) bond motifs is 1. The molecule has 27 heavy (non-hydrogen) atoms. The molecule has 3 rings (SSSR count). The molecule has 0 fully saturated rings. The zero-order valence-electron chi connectivity index (χ0n) is 15.2. The van der Waals surface area contributed by atoms with Gasteiger partial charge in [0.2, 0.25) is 0 Å². The maximum atomic E-state index is 12.3. The van der Waals surface area contributed by atoms with E-state index in [1.54, 1.807) is 24.3 Å². The highest BCUT2D eigenvalue weighted by Gasteiger charge is 2.13. The molecule has 138 valence electrons. The van der Waals surface area contributed by atoms with Crippen LogP contribution < -0.4 is 15.4 Å². The van der Waals surface area contributed by atoms with E-state index in [0.717, 1.165) is 17.2 Å². The third-order valence-electron chi connectivity index (χ3n) is 4.09. The summed E-state index contributed by atoms with van der Waals surface area (Å²) in [6, 6.07) is 20.5. The van der Waals surface area contributed by atoms with Crippen LogP contribution in [0.1, 0.15) is 23.7 Å². The van der Waals surface area contributed by atoms with Crippen LogP contribution in [0.2, 0.25) is 0 Å². The van der Waals surface area contributed by atoms with Crippen LogP contribution in [-0.2, 0) is 4.79 Å². The number of benzene rings is 3. The first kappa shape index (κ1) is 18.5. The van der Waals surface area contributed by atoms with Gasteiger partial charge in [-0.05, 0) is 30.0 Å². The Labute approximate surface area is 158 Å². The summed E-state index contributed by atoms with van der Waals surface area (Å²) in [7, 11) is 0. The highest BCUT2D eigenvalue weighted by Crippen LogP contribution is 2.25. The number of amides is 2. The van der Waals surface area contributed by atoms with Gasteiger partial charge >= 0.3 is 0 Å². The smallest absolute Gasteiger partial charge is 0.262 e. The minimum absolute atomic E-state index is 0.140. The Morgan fingerprint density at radius 1 is 0.926 bits per heavy atom. The Bertz CT molecular complexity index is 948. The zero-order valence-corrected chi connectivity index (χ0v) is 15.2. The fourth-order valence-electron chi connectivity index (χ4n) is 2.78. The average molecular weight is 362 g/mol. The minimum atomic E-state index is -0.321. The van der Waals surface area contributed by atoms with Crippen molar-refractivity contribution in [3.8, 4) is 5.75 Å². The van der Waals surface area contributed by atoms with Crippen molar-refractivity contribution in [2.24, 2.45) is 0 Å². The Kier molecular flexibility index (Phi) is 6.05. The number of carbonyl (C=O) groups excluding carboxylic acids is 2. The Morgan fingerprint density at radius 3 is 2.52 bits per heavy atom. The van der Waals surface area contributed by atoms with Crippen LogP contribution in [0.25, 0.3) is 10.8 Å². The molecule has 5 nitrogen and oxygen atoms in total. The molecule has 0 aliphatic heterocycles. The van der Waals surface area contributed by atoms with Crippen molar-refractivity contribution >= 4 is 28.3 Å². The summed E-state index contributed by atoms with van der Waals surface area (Å²) in [5.74, 6) is 0.124. The monoisotopic (exact) mass is 362 g/mol. The number of ether oxygens (including phenoxy) is 1. The van der Waals surface area contributed by atoms with Crippen molar-refractivity contribution in [3.05, 3.63) is 72.3 Å². The number of hydrogen-bond donors (Lipinski definition) is 2. The van der Waals surface area contributed by atoms with Gasteiger partial charge < -0.3 is 15.4 Å². The lowest BCUT2D eigenvalue weighted by molar-refractivity contribution is -0.118. The van der Waals surface area contributed by atoms with Crippen molar-refractivity contribution in [3.63, 3.8) is 0 Å². The summed E-state index contributed by atoms with van der Waals surface area (Å²) >= 11 is 0. The highest BCUT2D eigenvalue weighted by molar-refractivity contribution is 6.04. The third kappa shape index (κ3) is 4.64. The average Bonchev–Trinajstić information content (AvgIpc) is 2.71. The fourth-order valence-corrected chi connectivity index (χ4v) is 2.78. The lowest BCUT2D eigenvalue weighted by Crippen LogP contribution is -2.27. The number of rotatable bonds is 7. The van der Waals surface area contributed by atoms with Gasteiger partial charge in [0.15, 0.2) is 6.61 Å². The molecule has 0 unspecified atom stereocenters. The molecule has 0 atom stereocenters. The number of nitrogens with one attached hydrogen (secondary N) is 2. The molecule has 0 saturated carbocycles. The first-order valence-corrected chi connectivity index (χ1v) is 8.96. The SMILES string of the molecule is CCCNC(=O)c1ccccc1NC(=O)COc1cccc2ccccc12. The topological polar surface area (TPSA) is 67.4 Å². The van der Waals surface area contributed by atoms with E-state index >= 15 is 0 Å². The molecule has 3 aromatic rings. The lowest BCUT2D eigenvalue weighted by atomic mass is 10.1. The molecular weight excluding hydrogens is 340 g/mol. The number of carbonyl (C=O) groups is 2. The van der Waals surface area contributed by atoms with Gasteiger partial charge in [-0.2, -0.15) is 0 Å². The third-order valence-corrected chi connectivity index (χ3v) is 4.09. The molecule has 2 amide bonds. The van der Waals surface area contributed by atoms with Gasteiger partial charge in [-0.3, -0.25) is 9.59 Å². The van der Waals surface area contributed by atoms with E-state index in [2.05, 4.69) is 10.6 Å². The van der Waals surface area contributed by atoms with Gasteiger partial charge in [0.25, 0.3) is 11.8 Å². The van der Waals surface area contributed by atoms with E-state index in [0.29, 0.717) is 23.5 Å². The Balaban J connectivity index is 1.67. The molecule has 0 radical (unpaired) electrons. The van der Waals surface area contributed by atoms with Gasteiger partial charge in [0.05, 0.1) is 11.3 Å². The molecular formula is C22H22N2O3. The van der Waals surface area contributed by atoms with Crippen LogP contribution in [0.15, 0.2) is 66.7 Å². The van der Waals surface area contributed by atoms with E-state index in [-0.39, 0.29) is 18.4 Å². The zero-order chi connectivity index (χ0) is 19.1. The molecule has 5 heteroatoms. The summed E-state index contributed by atoms with van der Waals surface area (Å²) in [4.78, 5) is 24.6. The second kappa shape index (κ2) is 8.85. The highest BCUT2D eigenvalue weighted by atomic mass is 16.5. The molecule has 0 aromatic heterocycles. The first-order valence-electron chi connectivity index (χ1n) is 8.96. The Morgan fingerprint density at radius 2 is 1.67 bits per heavy atom. The van der Waals surface area contributed by atoms with Gasteiger partial charge in [-0.15, -0.1) is 0 Å². The maximum absolute atomic E-state index is 12.3. The minimum Gasteiger partial charge on any atom is -0.483 e. The van der Waals surface area contributed by atoms with E-state index in [1.165, 1.54) is 0 Å². The predicted octanol–water partition coefficient (Wildman–Crippen LogP) is 4.00. The van der Waals surface area contributed by atoms with Crippen LogP contribution >= 0.6 is 0 Å².